The molecule has 10 atom stereocenters. The summed E-state index contributed by atoms with van der Waals surface area (Å²) in [4.78, 5) is 14.6. The number of fused-ring (bicyclic) bond motifs is 4. The lowest BCUT2D eigenvalue weighted by atomic mass is 9.66. The molecule has 1 aliphatic carbocycles. The topological polar surface area (TPSA) is 161 Å². The van der Waals surface area contributed by atoms with Crippen LogP contribution in [0.15, 0.2) is 41.8 Å². The first-order valence-electron chi connectivity index (χ1n) is 16.4. The Morgan fingerprint density at radius 1 is 1.00 bits per heavy atom. The number of aliphatic hydroxyl groups excluding tert-OH is 2. The summed E-state index contributed by atoms with van der Waals surface area (Å²) in [5.41, 5.74) is -0.0258. The van der Waals surface area contributed by atoms with Crippen LogP contribution in [-0.2, 0) is 28.5 Å². The van der Waals surface area contributed by atoms with Crippen molar-refractivity contribution >= 4 is 17.3 Å². The Morgan fingerprint density at radius 3 is 2.43 bits per heavy atom. The molecule has 8 rings (SSSR count). The van der Waals surface area contributed by atoms with Crippen molar-refractivity contribution in [3.05, 3.63) is 63.3 Å². The zero-order valence-electron chi connectivity index (χ0n) is 28.4. The van der Waals surface area contributed by atoms with Crippen molar-refractivity contribution in [1.29, 1.82) is 0 Å². The number of methoxy groups -OCH3 is 2. The van der Waals surface area contributed by atoms with E-state index in [4.69, 9.17) is 45.4 Å². The number of carbonyl (C=O) groups is 1. The summed E-state index contributed by atoms with van der Waals surface area (Å²) < 4.78 is 89.0. The Morgan fingerprint density at radius 2 is 1.74 bits per heavy atom. The molecule has 14 heteroatoms. The summed E-state index contributed by atoms with van der Waals surface area (Å²) in [6, 6.07) is 8.99. The molecule has 13 nitrogen and oxygen atoms in total. The number of rotatable bonds is 6. The Balaban J connectivity index is 1.25. The van der Waals surface area contributed by atoms with E-state index in [1.165, 1.54) is 49.8 Å². The molecule has 0 amide bonds. The first kappa shape index (κ1) is 25.5. The number of hydrogen-bond donors (Lipinski definition) is 3. The van der Waals surface area contributed by atoms with Gasteiger partial charge < -0.3 is 58.0 Å². The number of aliphatic hydroxyl groups is 2. The number of cyclic esters (lactones) is 1. The number of esters is 1. The second kappa shape index (κ2) is 11.6. The van der Waals surface area contributed by atoms with Crippen molar-refractivity contribution in [3.8, 4) is 28.7 Å². The van der Waals surface area contributed by atoms with Gasteiger partial charge in [0.2, 0.25) is 12.5 Å². The van der Waals surface area contributed by atoms with Gasteiger partial charge in [0.25, 0.3) is 0 Å². The Labute approximate surface area is 272 Å². The van der Waals surface area contributed by atoms with Crippen LogP contribution in [-0.4, -0.2) is 86.2 Å². The molecule has 46 heavy (non-hydrogen) atoms. The maximum absolute atomic E-state index is 13.9. The third-order valence-electron chi connectivity index (χ3n) is 8.66. The maximum atomic E-state index is 13.9. The second-order valence-corrected chi connectivity index (χ2v) is 12.1. The summed E-state index contributed by atoms with van der Waals surface area (Å²) >= 11 is 1.39. The number of thiophene rings is 1. The molecule has 0 radical (unpaired) electrons. The molecule has 1 aromatic heterocycles. The van der Waals surface area contributed by atoms with Crippen molar-refractivity contribution in [2.75, 3.05) is 34.2 Å². The van der Waals surface area contributed by atoms with E-state index in [1.807, 2.05) is 17.5 Å². The third kappa shape index (κ3) is 4.70. The SMILES string of the molecule is [2H]C1([2H])OC(=O)[C@@]2([2H])[C@H]1[C@H](O[C@@H]1O[C@@H]3CO[C@@H](c4cccs4)O[C@H]3[C@H](O)[C@H]1O)c1cc3c(cc1[C@@]2([2H])c1cc(OC)c(O)c(OC)c1)OCO3. The quantitative estimate of drug-likeness (QED) is 0.332. The minimum absolute atomic E-state index is 0.0331. The summed E-state index contributed by atoms with van der Waals surface area (Å²) in [5, 5.41) is 35.1. The molecule has 3 fully saturated rings. The highest BCUT2D eigenvalue weighted by atomic mass is 32.1. The van der Waals surface area contributed by atoms with E-state index in [0.29, 0.717) is 0 Å². The Kier molecular flexibility index (Phi) is 6.40. The molecule has 5 aliphatic rings. The molecule has 0 bridgehead atoms. The van der Waals surface area contributed by atoms with Crippen LogP contribution in [0.25, 0.3) is 0 Å². The zero-order valence-corrected chi connectivity index (χ0v) is 25.2. The van der Waals surface area contributed by atoms with Crippen LogP contribution in [0.3, 0.4) is 0 Å². The number of carbonyl (C=O) groups excluding carboxylic acids is 1. The standard InChI is InChI=1S/C32H32O13S/c1-37-19-6-13(7-20(38-2)25(19)33)23-14-8-17-18(42-12-41-17)9-15(14)28(16-10-39-30(36)24(16)23)44-32-27(35)26(34)29-21(43-32)11-40-31(45-29)22-4-3-5-46-22/h3-9,16,21,23-24,26-29,31-35H,10-12H2,1-2H3/t16-,21+,23+,24-,26+,27+,28+,29+,31+,32-/m0/s1/i10D2,23D,24D. The van der Waals surface area contributed by atoms with Crippen molar-refractivity contribution in [2.24, 2.45) is 11.8 Å². The van der Waals surface area contributed by atoms with Gasteiger partial charge >= 0.3 is 5.97 Å². The second-order valence-electron chi connectivity index (χ2n) is 11.2. The van der Waals surface area contributed by atoms with Crippen LogP contribution in [0.2, 0.25) is 0 Å². The molecule has 4 aliphatic heterocycles. The average molecular weight is 661 g/mol. The van der Waals surface area contributed by atoms with Crippen molar-refractivity contribution < 1.29 is 68.2 Å². The molecule has 3 saturated heterocycles. The minimum Gasteiger partial charge on any atom is -0.502 e. The smallest absolute Gasteiger partial charge is 0.310 e. The van der Waals surface area contributed by atoms with Gasteiger partial charge in [-0.1, -0.05) is 6.07 Å². The van der Waals surface area contributed by atoms with Gasteiger partial charge in [0.1, 0.15) is 24.4 Å². The van der Waals surface area contributed by atoms with E-state index >= 15 is 0 Å². The fourth-order valence-corrected chi connectivity index (χ4v) is 7.17. The Bertz CT molecular complexity index is 1800. The third-order valence-corrected chi connectivity index (χ3v) is 9.55. The average Bonchev–Trinajstić information content (AvgIpc) is 3.84. The molecule has 2 aromatic carbocycles. The normalized spacial score (nSPS) is 39.9. The molecule has 0 spiro atoms. The van der Waals surface area contributed by atoms with Gasteiger partial charge in [0.05, 0.1) is 47.0 Å². The lowest BCUT2D eigenvalue weighted by molar-refractivity contribution is -0.368. The van der Waals surface area contributed by atoms with E-state index in [0.717, 1.165) is 4.88 Å². The first-order chi connectivity index (χ1) is 23.8. The van der Waals surface area contributed by atoms with Crippen molar-refractivity contribution in [3.63, 3.8) is 0 Å². The lowest BCUT2D eigenvalue weighted by Crippen LogP contribution is -2.62. The minimum atomic E-state index is -2.90. The van der Waals surface area contributed by atoms with Gasteiger partial charge in [0.15, 0.2) is 35.6 Å². The van der Waals surface area contributed by atoms with Crippen LogP contribution in [0.1, 0.15) is 45.3 Å². The Hall–Kier alpha value is -3.63. The summed E-state index contributed by atoms with van der Waals surface area (Å²) in [7, 11) is 2.54. The predicted molar refractivity (Wildman–Crippen MR) is 156 cm³/mol. The van der Waals surface area contributed by atoms with Crippen LogP contribution in [0.4, 0.5) is 0 Å². The number of aromatic hydroxyl groups is 1. The number of phenolic OH excluding ortho intramolecular Hbond substituents is 1. The van der Waals surface area contributed by atoms with E-state index in [-0.39, 0.29) is 53.1 Å². The van der Waals surface area contributed by atoms with Crippen molar-refractivity contribution in [1.82, 2.24) is 0 Å². The van der Waals surface area contributed by atoms with Gasteiger partial charge in [0, 0.05) is 14.6 Å². The zero-order chi connectivity index (χ0) is 35.3. The summed E-state index contributed by atoms with van der Waals surface area (Å²) in [6.45, 7) is -3.13. The fraction of sp³-hybridized carbons (Fsp3) is 0.469. The van der Waals surface area contributed by atoms with Crippen LogP contribution in [0.5, 0.6) is 28.7 Å². The predicted octanol–water partition coefficient (Wildman–Crippen LogP) is 2.75. The highest BCUT2D eigenvalue weighted by molar-refractivity contribution is 7.10. The molecule has 3 aromatic rings. The number of hydrogen-bond acceptors (Lipinski definition) is 14. The molecule has 5 heterocycles. The number of phenols is 1. The molecule has 0 saturated carbocycles. The van der Waals surface area contributed by atoms with Crippen LogP contribution in [0, 0.1) is 11.8 Å². The highest BCUT2D eigenvalue weighted by Crippen LogP contribution is 2.57. The molecule has 244 valence electrons. The summed E-state index contributed by atoms with van der Waals surface area (Å²) in [5.74, 6) is -8.82. The lowest BCUT2D eigenvalue weighted by Gasteiger charge is -2.48. The van der Waals surface area contributed by atoms with E-state index in [2.05, 4.69) is 0 Å². The van der Waals surface area contributed by atoms with Gasteiger partial charge in [-0.25, -0.2) is 0 Å². The number of benzene rings is 2. The molecule has 3 N–H and O–H groups in total. The van der Waals surface area contributed by atoms with Crippen molar-refractivity contribution in [2.45, 2.75) is 49.0 Å². The molecular weight excluding hydrogens is 624 g/mol. The highest BCUT2D eigenvalue weighted by Gasteiger charge is 2.56. The first-order valence-corrected chi connectivity index (χ1v) is 15.3. The van der Waals surface area contributed by atoms with E-state index < -0.39 is 79.1 Å². The van der Waals surface area contributed by atoms with Gasteiger partial charge in [-0.3, -0.25) is 4.79 Å². The van der Waals surface area contributed by atoms with Gasteiger partial charge in [-0.15, -0.1) is 11.3 Å². The fourth-order valence-electron chi connectivity index (χ4n) is 6.47. The largest absolute Gasteiger partial charge is 0.502 e. The molecular formula is C32H32O13S. The van der Waals surface area contributed by atoms with Crippen LogP contribution >= 0.6 is 11.3 Å². The number of ether oxygens (including phenoxy) is 9. The van der Waals surface area contributed by atoms with Gasteiger partial charge in [-0.2, -0.15) is 0 Å². The van der Waals surface area contributed by atoms with Crippen LogP contribution < -0.4 is 18.9 Å². The van der Waals surface area contributed by atoms with E-state index in [1.54, 1.807) is 0 Å². The maximum Gasteiger partial charge on any atom is 0.310 e. The van der Waals surface area contributed by atoms with E-state index in [9.17, 15) is 22.9 Å². The van der Waals surface area contributed by atoms with Gasteiger partial charge in [-0.05, 0) is 52.4 Å². The molecule has 0 unspecified atom stereocenters. The monoisotopic (exact) mass is 660 g/mol. The summed E-state index contributed by atoms with van der Waals surface area (Å²) in [6.07, 6.45) is -9.29.